The highest BCUT2D eigenvalue weighted by atomic mass is 35.5. The van der Waals surface area contributed by atoms with Gasteiger partial charge >= 0.3 is 0 Å². The molecule has 1 aromatic rings. The van der Waals surface area contributed by atoms with E-state index >= 15 is 0 Å². The second-order valence-corrected chi connectivity index (χ2v) is 9.19. The molecule has 1 unspecified atom stereocenters. The number of hydrogen-bond acceptors (Lipinski definition) is 4. The maximum absolute atomic E-state index is 12.7. The Labute approximate surface area is 184 Å². The number of hydrogen-bond donors (Lipinski definition) is 1. The van der Waals surface area contributed by atoms with Gasteiger partial charge in [0.15, 0.2) is 0 Å². The number of halogens is 1. The lowest BCUT2D eigenvalue weighted by Crippen LogP contribution is -2.48. The van der Waals surface area contributed by atoms with Crippen LogP contribution in [0.2, 0.25) is 5.02 Å². The first kappa shape index (κ1) is 21.6. The van der Waals surface area contributed by atoms with Crippen LogP contribution in [0.15, 0.2) is 24.3 Å². The molecule has 2 amide bonds. The number of carbonyl (C=O) groups excluding carboxylic acids is 2. The van der Waals surface area contributed by atoms with E-state index in [9.17, 15) is 9.59 Å². The fraction of sp³-hybridized carbons (Fsp3) is 0.652. The average Bonchev–Trinajstić information content (AvgIpc) is 3.42. The molecule has 0 aliphatic carbocycles. The molecule has 4 rings (SSSR count). The minimum atomic E-state index is 0.0712. The Morgan fingerprint density at radius 2 is 1.80 bits per heavy atom. The molecule has 3 heterocycles. The van der Waals surface area contributed by atoms with E-state index in [2.05, 4.69) is 26.1 Å². The summed E-state index contributed by atoms with van der Waals surface area (Å²) in [6.07, 6.45) is 6.02. The van der Waals surface area contributed by atoms with E-state index in [0.717, 1.165) is 62.6 Å². The molecule has 1 aromatic carbocycles. The summed E-state index contributed by atoms with van der Waals surface area (Å²) in [7, 11) is 0. The van der Waals surface area contributed by atoms with Crippen molar-refractivity contribution in [3.05, 3.63) is 34.9 Å². The van der Waals surface area contributed by atoms with Crippen molar-refractivity contribution in [2.75, 3.05) is 45.8 Å². The molecular formula is C23H33ClN4O2. The molecule has 0 saturated carbocycles. The van der Waals surface area contributed by atoms with Gasteiger partial charge in [-0.05, 0) is 56.8 Å². The zero-order chi connectivity index (χ0) is 20.9. The van der Waals surface area contributed by atoms with E-state index in [1.54, 1.807) is 0 Å². The highest BCUT2D eigenvalue weighted by molar-refractivity contribution is 6.31. The summed E-state index contributed by atoms with van der Waals surface area (Å²) in [6.45, 7) is 5.77. The first-order chi connectivity index (χ1) is 14.6. The Balaban J connectivity index is 1.27. The number of amides is 2. The van der Waals surface area contributed by atoms with Gasteiger partial charge in [-0.2, -0.15) is 0 Å². The van der Waals surface area contributed by atoms with Gasteiger partial charge < -0.3 is 10.2 Å². The summed E-state index contributed by atoms with van der Waals surface area (Å²) >= 11 is 6.47. The van der Waals surface area contributed by atoms with Crippen molar-refractivity contribution in [2.24, 2.45) is 0 Å². The lowest BCUT2D eigenvalue weighted by atomic mass is 10.0. The Kier molecular flexibility index (Phi) is 7.28. The van der Waals surface area contributed by atoms with Gasteiger partial charge in [-0.25, -0.2) is 0 Å². The topological polar surface area (TPSA) is 55.9 Å². The lowest BCUT2D eigenvalue weighted by molar-refractivity contribution is -0.131. The van der Waals surface area contributed by atoms with Crippen LogP contribution in [-0.4, -0.2) is 78.4 Å². The Hall–Kier alpha value is -1.63. The van der Waals surface area contributed by atoms with Crippen molar-refractivity contribution >= 4 is 23.4 Å². The van der Waals surface area contributed by atoms with Crippen molar-refractivity contribution in [2.45, 2.75) is 50.6 Å². The Morgan fingerprint density at radius 1 is 1.07 bits per heavy atom. The van der Waals surface area contributed by atoms with E-state index in [-0.39, 0.29) is 11.9 Å². The van der Waals surface area contributed by atoms with Gasteiger partial charge in [-0.15, -0.1) is 0 Å². The smallest absolute Gasteiger partial charge is 0.234 e. The molecule has 30 heavy (non-hydrogen) atoms. The molecule has 3 aliphatic heterocycles. The van der Waals surface area contributed by atoms with Gasteiger partial charge in [-0.3, -0.25) is 19.4 Å². The monoisotopic (exact) mass is 432 g/mol. The zero-order valence-electron chi connectivity index (χ0n) is 17.7. The maximum atomic E-state index is 12.7. The van der Waals surface area contributed by atoms with Crippen molar-refractivity contribution < 1.29 is 9.59 Å². The van der Waals surface area contributed by atoms with Gasteiger partial charge in [0.1, 0.15) is 0 Å². The van der Waals surface area contributed by atoms with Crippen LogP contribution >= 0.6 is 11.6 Å². The van der Waals surface area contributed by atoms with Crippen LogP contribution in [0.25, 0.3) is 0 Å². The maximum Gasteiger partial charge on any atom is 0.234 e. The molecule has 3 aliphatic rings. The Morgan fingerprint density at radius 3 is 2.47 bits per heavy atom. The van der Waals surface area contributed by atoms with Crippen LogP contribution < -0.4 is 5.32 Å². The van der Waals surface area contributed by atoms with Crippen molar-refractivity contribution in [3.63, 3.8) is 0 Å². The highest BCUT2D eigenvalue weighted by Gasteiger charge is 2.31. The molecule has 6 nitrogen and oxygen atoms in total. The molecule has 0 bridgehead atoms. The van der Waals surface area contributed by atoms with E-state index < -0.39 is 0 Å². The molecule has 0 aromatic heterocycles. The van der Waals surface area contributed by atoms with Crippen LogP contribution in [0.1, 0.15) is 50.1 Å². The van der Waals surface area contributed by atoms with E-state index in [0.29, 0.717) is 31.5 Å². The summed E-state index contributed by atoms with van der Waals surface area (Å²) in [5.74, 6) is 0.376. The quantitative estimate of drug-likeness (QED) is 0.719. The van der Waals surface area contributed by atoms with E-state index in [1.807, 2.05) is 18.2 Å². The van der Waals surface area contributed by atoms with Gasteiger partial charge in [-0.1, -0.05) is 29.8 Å². The summed E-state index contributed by atoms with van der Waals surface area (Å²) < 4.78 is 0. The number of nitrogens with zero attached hydrogens (tertiary/aromatic N) is 3. The van der Waals surface area contributed by atoms with E-state index in [4.69, 9.17) is 11.6 Å². The summed E-state index contributed by atoms with van der Waals surface area (Å²) in [4.78, 5) is 31.3. The van der Waals surface area contributed by atoms with Gasteiger partial charge in [0.05, 0.1) is 12.6 Å². The number of piperidine rings is 1. The first-order valence-electron chi connectivity index (χ1n) is 11.4. The number of benzene rings is 1. The standard InChI is InChI=1S/C23H33ClN4O2/c24-20-7-2-1-6-19(20)21(27-11-3-4-12-27)16-25-22(29)17-26-14-9-18(10-15-26)28-13-5-8-23(28)30/h1-2,6-7,18,21H,3-5,8-17H2,(H,25,29). The number of nitrogens with one attached hydrogen (secondary N) is 1. The molecule has 1 N–H and O–H groups in total. The molecule has 3 fully saturated rings. The van der Waals surface area contributed by atoms with E-state index in [1.165, 1.54) is 12.8 Å². The largest absolute Gasteiger partial charge is 0.353 e. The third-order valence-electron chi connectivity index (χ3n) is 6.81. The van der Waals surface area contributed by atoms with Crippen LogP contribution in [0.5, 0.6) is 0 Å². The van der Waals surface area contributed by atoms with Crippen molar-refractivity contribution in [3.8, 4) is 0 Å². The molecule has 1 atom stereocenters. The highest BCUT2D eigenvalue weighted by Crippen LogP contribution is 2.29. The second-order valence-electron chi connectivity index (χ2n) is 8.78. The third-order valence-corrected chi connectivity index (χ3v) is 7.16. The third kappa shape index (κ3) is 5.16. The molecular weight excluding hydrogens is 400 g/mol. The molecule has 3 saturated heterocycles. The summed E-state index contributed by atoms with van der Waals surface area (Å²) in [5.41, 5.74) is 1.09. The summed E-state index contributed by atoms with van der Waals surface area (Å²) in [6, 6.07) is 8.45. The fourth-order valence-corrected chi connectivity index (χ4v) is 5.41. The lowest BCUT2D eigenvalue weighted by Gasteiger charge is -2.36. The van der Waals surface area contributed by atoms with Gasteiger partial charge in [0.2, 0.25) is 11.8 Å². The minimum absolute atomic E-state index is 0.0712. The summed E-state index contributed by atoms with van der Waals surface area (Å²) in [5, 5.41) is 3.93. The number of likely N-dealkylation sites (tertiary alicyclic amines) is 3. The molecule has 164 valence electrons. The average molecular weight is 433 g/mol. The van der Waals surface area contributed by atoms with Gasteiger partial charge in [0.25, 0.3) is 0 Å². The predicted molar refractivity (Wildman–Crippen MR) is 118 cm³/mol. The molecule has 7 heteroatoms. The fourth-order valence-electron chi connectivity index (χ4n) is 5.15. The Bertz CT molecular complexity index is 744. The van der Waals surface area contributed by atoms with Crippen molar-refractivity contribution in [1.82, 2.24) is 20.0 Å². The first-order valence-corrected chi connectivity index (χ1v) is 11.8. The van der Waals surface area contributed by atoms with Crippen molar-refractivity contribution in [1.29, 1.82) is 0 Å². The zero-order valence-corrected chi connectivity index (χ0v) is 18.4. The van der Waals surface area contributed by atoms with Gasteiger partial charge in [0, 0.05) is 43.7 Å². The van der Waals surface area contributed by atoms with Crippen LogP contribution in [0.4, 0.5) is 0 Å². The second kappa shape index (κ2) is 10.1. The van der Waals surface area contributed by atoms with Crippen LogP contribution in [0, 0.1) is 0 Å². The number of rotatable bonds is 7. The van der Waals surface area contributed by atoms with Crippen LogP contribution in [-0.2, 0) is 9.59 Å². The SMILES string of the molecule is O=C(CN1CCC(N2CCCC2=O)CC1)NCC(c1ccccc1Cl)N1CCCC1. The minimum Gasteiger partial charge on any atom is -0.353 e. The molecule has 0 spiro atoms. The van der Waals surface area contributed by atoms with Crippen LogP contribution in [0.3, 0.4) is 0 Å². The number of carbonyl (C=O) groups is 2. The predicted octanol–water partition coefficient (Wildman–Crippen LogP) is 2.68. The normalized spacial score (nSPS) is 22.6. The molecule has 0 radical (unpaired) electrons.